The van der Waals surface area contributed by atoms with Crippen molar-refractivity contribution in [3.8, 4) is 6.07 Å². The van der Waals surface area contributed by atoms with E-state index in [0.717, 1.165) is 36.6 Å². The van der Waals surface area contributed by atoms with Gasteiger partial charge in [-0.3, -0.25) is 0 Å². The molecule has 1 aromatic carbocycles. The smallest absolute Gasteiger partial charge is 0.125 e. The second-order valence-corrected chi connectivity index (χ2v) is 5.00. The van der Waals surface area contributed by atoms with Gasteiger partial charge in [0.2, 0.25) is 0 Å². The first kappa shape index (κ1) is 14.9. The maximum absolute atomic E-state index is 8.95. The van der Waals surface area contributed by atoms with E-state index >= 15 is 0 Å². The second-order valence-electron chi connectivity index (χ2n) is 5.00. The molecule has 0 bridgehead atoms. The summed E-state index contributed by atoms with van der Waals surface area (Å²) in [5.41, 5.74) is 2.85. The van der Waals surface area contributed by atoms with Crippen molar-refractivity contribution in [1.29, 1.82) is 5.26 Å². The van der Waals surface area contributed by atoms with Crippen molar-refractivity contribution in [2.45, 2.75) is 19.9 Å². The lowest BCUT2D eigenvalue weighted by atomic mass is 10.2. The number of rotatable bonds is 6. The molecule has 21 heavy (non-hydrogen) atoms. The number of pyridine rings is 1. The van der Waals surface area contributed by atoms with Gasteiger partial charge in [0.25, 0.3) is 0 Å². The third-order valence-electron chi connectivity index (χ3n) is 3.22. The van der Waals surface area contributed by atoms with Crippen LogP contribution in [-0.2, 0) is 6.54 Å². The summed E-state index contributed by atoms with van der Waals surface area (Å²) in [6, 6.07) is 13.9. The fourth-order valence-electron chi connectivity index (χ4n) is 2.05. The highest BCUT2D eigenvalue weighted by molar-refractivity contribution is 5.51. The summed E-state index contributed by atoms with van der Waals surface area (Å²) in [6.45, 7) is 3.83. The van der Waals surface area contributed by atoms with E-state index in [1.165, 1.54) is 0 Å². The number of benzene rings is 1. The molecule has 1 heterocycles. The van der Waals surface area contributed by atoms with Crippen molar-refractivity contribution in [3.05, 3.63) is 53.7 Å². The van der Waals surface area contributed by atoms with E-state index in [-0.39, 0.29) is 0 Å². The summed E-state index contributed by atoms with van der Waals surface area (Å²) in [7, 11) is 2.01. The summed E-state index contributed by atoms with van der Waals surface area (Å²) >= 11 is 0. The molecule has 4 heteroatoms. The maximum Gasteiger partial charge on any atom is 0.125 e. The van der Waals surface area contributed by atoms with Crippen molar-refractivity contribution in [1.82, 2.24) is 4.98 Å². The Morgan fingerprint density at radius 1 is 1.29 bits per heavy atom. The molecule has 4 nitrogen and oxygen atoms in total. The summed E-state index contributed by atoms with van der Waals surface area (Å²) in [4.78, 5) is 6.51. The number of nitrogens with zero attached hydrogens (tertiary/aromatic N) is 3. The van der Waals surface area contributed by atoms with Crippen LogP contribution in [0.15, 0.2) is 42.6 Å². The molecule has 0 atom stereocenters. The monoisotopic (exact) mass is 280 g/mol. The van der Waals surface area contributed by atoms with Crippen molar-refractivity contribution in [2.75, 3.05) is 23.8 Å². The van der Waals surface area contributed by atoms with Gasteiger partial charge in [-0.2, -0.15) is 5.26 Å². The first-order chi connectivity index (χ1) is 10.2. The van der Waals surface area contributed by atoms with Gasteiger partial charge >= 0.3 is 0 Å². The third kappa shape index (κ3) is 4.22. The SMILES string of the molecule is CCCNc1ccc(CN(C)c2cccc(C#N)c2)cn1. The van der Waals surface area contributed by atoms with Gasteiger partial charge in [-0.1, -0.05) is 19.1 Å². The van der Waals surface area contributed by atoms with Gasteiger partial charge in [0.15, 0.2) is 0 Å². The highest BCUT2D eigenvalue weighted by Crippen LogP contribution is 2.17. The fourth-order valence-corrected chi connectivity index (χ4v) is 2.05. The number of hydrogen-bond donors (Lipinski definition) is 1. The Morgan fingerprint density at radius 3 is 2.81 bits per heavy atom. The Kier molecular flexibility index (Phi) is 5.16. The molecule has 0 fully saturated rings. The minimum absolute atomic E-state index is 0.677. The second kappa shape index (κ2) is 7.30. The lowest BCUT2D eigenvalue weighted by molar-refractivity contribution is 0.912. The van der Waals surface area contributed by atoms with Crippen LogP contribution in [0.1, 0.15) is 24.5 Å². The molecule has 1 aromatic heterocycles. The Hall–Kier alpha value is -2.54. The molecular formula is C17H20N4. The summed E-state index contributed by atoms with van der Waals surface area (Å²) in [5, 5.41) is 12.2. The third-order valence-corrected chi connectivity index (χ3v) is 3.22. The van der Waals surface area contributed by atoms with Crippen molar-refractivity contribution >= 4 is 11.5 Å². The van der Waals surface area contributed by atoms with Crippen molar-refractivity contribution in [2.24, 2.45) is 0 Å². The summed E-state index contributed by atoms with van der Waals surface area (Å²) in [5.74, 6) is 0.912. The summed E-state index contributed by atoms with van der Waals surface area (Å²) in [6.07, 6.45) is 2.98. The van der Waals surface area contributed by atoms with Gasteiger partial charge in [0.1, 0.15) is 5.82 Å². The first-order valence-electron chi connectivity index (χ1n) is 7.13. The molecule has 0 saturated carbocycles. The zero-order chi connectivity index (χ0) is 15.1. The molecule has 0 radical (unpaired) electrons. The van der Waals surface area contributed by atoms with E-state index in [1.54, 1.807) is 0 Å². The van der Waals surface area contributed by atoms with Gasteiger partial charge in [0.05, 0.1) is 11.6 Å². The number of anilines is 2. The zero-order valence-electron chi connectivity index (χ0n) is 12.5. The van der Waals surface area contributed by atoms with Crippen molar-refractivity contribution in [3.63, 3.8) is 0 Å². The van der Waals surface area contributed by atoms with Crippen LogP contribution in [0.5, 0.6) is 0 Å². The molecule has 1 N–H and O–H groups in total. The standard InChI is InChI=1S/C17H20N4/c1-3-9-19-17-8-7-15(12-20-17)13-21(2)16-6-4-5-14(10-16)11-18/h4-8,10,12H,3,9,13H2,1-2H3,(H,19,20). The highest BCUT2D eigenvalue weighted by Gasteiger charge is 2.04. The minimum atomic E-state index is 0.677. The minimum Gasteiger partial charge on any atom is -0.370 e. The average molecular weight is 280 g/mol. The van der Waals surface area contributed by atoms with Gasteiger partial charge in [-0.25, -0.2) is 4.98 Å². The fraction of sp³-hybridized carbons (Fsp3) is 0.294. The molecule has 0 amide bonds. The molecule has 2 rings (SSSR count). The normalized spacial score (nSPS) is 9.95. The highest BCUT2D eigenvalue weighted by atomic mass is 15.1. The van der Waals surface area contributed by atoms with E-state index in [2.05, 4.69) is 34.3 Å². The lowest BCUT2D eigenvalue weighted by Crippen LogP contribution is -2.16. The molecule has 0 saturated heterocycles. The molecule has 0 unspecified atom stereocenters. The Bertz CT molecular complexity index is 613. The number of nitrogens with one attached hydrogen (secondary N) is 1. The molecule has 0 aliphatic rings. The van der Waals surface area contributed by atoms with E-state index in [4.69, 9.17) is 5.26 Å². The molecule has 108 valence electrons. The Balaban J connectivity index is 2.01. The Morgan fingerprint density at radius 2 is 2.14 bits per heavy atom. The van der Waals surface area contributed by atoms with Crippen LogP contribution >= 0.6 is 0 Å². The first-order valence-corrected chi connectivity index (χ1v) is 7.13. The van der Waals surface area contributed by atoms with Gasteiger partial charge < -0.3 is 10.2 Å². The van der Waals surface area contributed by atoms with E-state index in [0.29, 0.717) is 5.56 Å². The predicted octanol–water partition coefficient (Wildman–Crippen LogP) is 3.41. The zero-order valence-corrected chi connectivity index (χ0v) is 12.5. The quantitative estimate of drug-likeness (QED) is 0.881. The number of nitriles is 1. The molecule has 0 aliphatic carbocycles. The lowest BCUT2D eigenvalue weighted by Gasteiger charge is -2.19. The maximum atomic E-state index is 8.95. The van der Waals surface area contributed by atoms with Crippen LogP contribution in [-0.4, -0.2) is 18.6 Å². The number of hydrogen-bond acceptors (Lipinski definition) is 4. The predicted molar refractivity (Wildman–Crippen MR) is 86.3 cm³/mol. The van der Waals surface area contributed by atoms with E-state index in [1.807, 2.05) is 43.6 Å². The van der Waals surface area contributed by atoms with Crippen molar-refractivity contribution < 1.29 is 0 Å². The largest absolute Gasteiger partial charge is 0.370 e. The Labute approximate surface area is 126 Å². The average Bonchev–Trinajstić information content (AvgIpc) is 2.54. The van der Waals surface area contributed by atoms with E-state index < -0.39 is 0 Å². The van der Waals surface area contributed by atoms with Crippen LogP contribution in [0, 0.1) is 11.3 Å². The van der Waals surface area contributed by atoms with Gasteiger partial charge in [-0.15, -0.1) is 0 Å². The molecule has 2 aromatic rings. The summed E-state index contributed by atoms with van der Waals surface area (Å²) < 4.78 is 0. The van der Waals surface area contributed by atoms with Crippen LogP contribution in [0.25, 0.3) is 0 Å². The van der Waals surface area contributed by atoms with Crippen LogP contribution in [0.4, 0.5) is 11.5 Å². The van der Waals surface area contributed by atoms with Gasteiger partial charge in [0, 0.05) is 32.0 Å². The van der Waals surface area contributed by atoms with Crippen LogP contribution < -0.4 is 10.2 Å². The number of aromatic nitrogens is 1. The van der Waals surface area contributed by atoms with E-state index in [9.17, 15) is 0 Å². The molecule has 0 spiro atoms. The topological polar surface area (TPSA) is 52.0 Å². The van der Waals surface area contributed by atoms with Crippen LogP contribution in [0.3, 0.4) is 0 Å². The van der Waals surface area contributed by atoms with Gasteiger partial charge in [-0.05, 0) is 36.2 Å². The van der Waals surface area contributed by atoms with Crippen LogP contribution in [0.2, 0.25) is 0 Å². The molecule has 0 aliphatic heterocycles. The molecular weight excluding hydrogens is 260 g/mol.